The van der Waals surface area contributed by atoms with Crippen LogP contribution in [0.2, 0.25) is 0 Å². The van der Waals surface area contributed by atoms with Crippen molar-refractivity contribution in [2.45, 2.75) is 52.4 Å². The monoisotopic (exact) mass is 316 g/mol. The third-order valence-electron chi connectivity index (χ3n) is 4.51. The lowest BCUT2D eigenvalue weighted by molar-refractivity contribution is -0.131. The first kappa shape index (κ1) is 17.5. The number of carbonyl (C=O) groups is 2. The van der Waals surface area contributed by atoms with E-state index in [1.54, 1.807) is 11.8 Å². The Bertz CT molecular complexity index is 531. The van der Waals surface area contributed by atoms with Gasteiger partial charge in [-0.3, -0.25) is 9.59 Å². The highest BCUT2D eigenvalue weighted by Gasteiger charge is 2.19. The van der Waals surface area contributed by atoms with Gasteiger partial charge in [0, 0.05) is 38.7 Å². The Morgan fingerprint density at radius 3 is 2.22 bits per heavy atom. The molecule has 0 bridgehead atoms. The van der Waals surface area contributed by atoms with Gasteiger partial charge in [-0.05, 0) is 42.9 Å². The van der Waals surface area contributed by atoms with E-state index in [-0.39, 0.29) is 11.8 Å². The standard InChI is InChI=1S/C19H28N2O2/c1-15(2)17-7-9-18(10-8-17)21(16(3)22)14-11-19(23)20-12-5-4-6-13-20/h7-10,15H,4-6,11-14H2,1-3H3. The Kier molecular flexibility index (Phi) is 6.20. The summed E-state index contributed by atoms with van der Waals surface area (Å²) in [5, 5.41) is 0. The van der Waals surface area contributed by atoms with Gasteiger partial charge >= 0.3 is 0 Å². The van der Waals surface area contributed by atoms with E-state index in [1.807, 2.05) is 17.0 Å². The summed E-state index contributed by atoms with van der Waals surface area (Å²) in [6.45, 7) is 8.03. The lowest BCUT2D eigenvalue weighted by Gasteiger charge is -2.28. The molecule has 2 rings (SSSR count). The second-order valence-electron chi connectivity index (χ2n) is 6.61. The van der Waals surface area contributed by atoms with Crippen LogP contribution in [0, 0.1) is 0 Å². The smallest absolute Gasteiger partial charge is 0.224 e. The second-order valence-corrected chi connectivity index (χ2v) is 6.61. The fourth-order valence-corrected chi connectivity index (χ4v) is 3.02. The molecule has 0 saturated carbocycles. The van der Waals surface area contributed by atoms with Crippen LogP contribution in [0.3, 0.4) is 0 Å². The van der Waals surface area contributed by atoms with Gasteiger partial charge in [0.25, 0.3) is 0 Å². The predicted octanol–water partition coefficient (Wildman–Crippen LogP) is 3.57. The summed E-state index contributed by atoms with van der Waals surface area (Å²) in [5.74, 6) is 0.610. The molecule has 0 unspecified atom stereocenters. The van der Waals surface area contributed by atoms with E-state index in [1.165, 1.54) is 12.0 Å². The molecule has 1 fully saturated rings. The fourth-order valence-electron chi connectivity index (χ4n) is 3.02. The molecule has 0 spiro atoms. The maximum Gasteiger partial charge on any atom is 0.224 e. The Morgan fingerprint density at radius 2 is 1.70 bits per heavy atom. The van der Waals surface area contributed by atoms with Gasteiger partial charge in [-0.1, -0.05) is 26.0 Å². The number of nitrogens with zero attached hydrogens (tertiary/aromatic N) is 2. The van der Waals surface area contributed by atoms with Crippen LogP contribution in [0.1, 0.15) is 57.9 Å². The van der Waals surface area contributed by atoms with Gasteiger partial charge in [-0.15, -0.1) is 0 Å². The van der Waals surface area contributed by atoms with E-state index in [0.717, 1.165) is 31.6 Å². The first-order valence-corrected chi connectivity index (χ1v) is 8.65. The van der Waals surface area contributed by atoms with Crippen LogP contribution >= 0.6 is 0 Å². The van der Waals surface area contributed by atoms with E-state index in [4.69, 9.17) is 0 Å². The van der Waals surface area contributed by atoms with Crippen LogP contribution in [-0.2, 0) is 9.59 Å². The quantitative estimate of drug-likeness (QED) is 0.833. The molecule has 4 nitrogen and oxygen atoms in total. The highest BCUT2D eigenvalue weighted by atomic mass is 16.2. The topological polar surface area (TPSA) is 40.6 Å². The zero-order chi connectivity index (χ0) is 16.8. The average molecular weight is 316 g/mol. The van der Waals surface area contributed by atoms with Crippen molar-refractivity contribution in [1.82, 2.24) is 4.90 Å². The highest BCUT2D eigenvalue weighted by Crippen LogP contribution is 2.21. The normalized spacial score (nSPS) is 14.9. The molecule has 0 atom stereocenters. The van der Waals surface area contributed by atoms with Crippen molar-refractivity contribution >= 4 is 17.5 Å². The van der Waals surface area contributed by atoms with Crippen LogP contribution in [0.4, 0.5) is 5.69 Å². The van der Waals surface area contributed by atoms with Gasteiger partial charge < -0.3 is 9.80 Å². The summed E-state index contributed by atoms with van der Waals surface area (Å²) in [6.07, 6.45) is 3.80. The van der Waals surface area contributed by atoms with Crippen molar-refractivity contribution in [1.29, 1.82) is 0 Å². The summed E-state index contributed by atoms with van der Waals surface area (Å²) in [5.41, 5.74) is 2.12. The van der Waals surface area contributed by atoms with Crippen LogP contribution < -0.4 is 4.90 Å². The van der Waals surface area contributed by atoms with Crippen molar-refractivity contribution in [2.24, 2.45) is 0 Å². The molecule has 0 N–H and O–H groups in total. The molecular weight excluding hydrogens is 288 g/mol. The number of anilines is 1. The molecule has 1 aromatic rings. The molecule has 1 saturated heterocycles. The summed E-state index contributed by atoms with van der Waals surface area (Å²) in [6, 6.07) is 8.06. The van der Waals surface area contributed by atoms with Gasteiger partial charge in [-0.2, -0.15) is 0 Å². The second kappa shape index (κ2) is 8.14. The lowest BCUT2D eigenvalue weighted by atomic mass is 10.0. The first-order valence-electron chi connectivity index (χ1n) is 8.65. The van der Waals surface area contributed by atoms with E-state index >= 15 is 0 Å². The number of rotatable bonds is 5. The number of hydrogen-bond donors (Lipinski definition) is 0. The minimum Gasteiger partial charge on any atom is -0.343 e. The van der Waals surface area contributed by atoms with Gasteiger partial charge in [0.05, 0.1) is 0 Å². The van der Waals surface area contributed by atoms with Crippen LogP contribution in [0.5, 0.6) is 0 Å². The highest BCUT2D eigenvalue weighted by molar-refractivity contribution is 5.92. The maximum absolute atomic E-state index is 12.3. The van der Waals surface area contributed by atoms with Gasteiger partial charge in [0.1, 0.15) is 0 Å². The Labute approximate surface area is 139 Å². The molecule has 4 heteroatoms. The number of hydrogen-bond acceptors (Lipinski definition) is 2. The van der Waals surface area contributed by atoms with Crippen molar-refractivity contribution in [3.63, 3.8) is 0 Å². The van der Waals surface area contributed by atoms with Gasteiger partial charge in [0.2, 0.25) is 11.8 Å². The summed E-state index contributed by atoms with van der Waals surface area (Å²) in [4.78, 5) is 27.9. The molecule has 23 heavy (non-hydrogen) atoms. The predicted molar refractivity (Wildman–Crippen MR) is 93.6 cm³/mol. The Hall–Kier alpha value is -1.84. The largest absolute Gasteiger partial charge is 0.343 e. The molecule has 2 amide bonds. The molecule has 0 aliphatic carbocycles. The SMILES string of the molecule is CC(=O)N(CCC(=O)N1CCCCC1)c1ccc(C(C)C)cc1. The van der Waals surface area contributed by atoms with Crippen LogP contribution in [0.25, 0.3) is 0 Å². The van der Waals surface area contributed by atoms with Gasteiger partial charge in [-0.25, -0.2) is 0 Å². The molecule has 1 aliphatic heterocycles. The van der Waals surface area contributed by atoms with Crippen molar-refractivity contribution in [3.8, 4) is 0 Å². The number of amides is 2. The number of piperidine rings is 1. The zero-order valence-corrected chi connectivity index (χ0v) is 14.5. The maximum atomic E-state index is 12.3. The molecule has 1 heterocycles. The van der Waals surface area contributed by atoms with E-state index in [2.05, 4.69) is 26.0 Å². The van der Waals surface area contributed by atoms with Crippen molar-refractivity contribution < 1.29 is 9.59 Å². The fraction of sp³-hybridized carbons (Fsp3) is 0.579. The molecule has 1 aromatic carbocycles. The van der Waals surface area contributed by atoms with E-state index in [0.29, 0.717) is 18.9 Å². The van der Waals surface area contributed by atoms with Crippen LogP contribution in [-0.4, -0.2) is 36.3 Å². The molecule has 0 radical (unpaired) electrons. The molecule has 0 aromatic heterocycles. The number of benzene rings is 1. The molecule has 126 valence electrons. The van der Waals surface area contributed by atoms with Crippen molar-refractivity contribution in [2.75, 3.05) is 24.5 Å². The van der Waals surface area contributed by atoms with Crippen molar-refractivity contribution in [3.05, 3.63) is 29.8 Å². The minimum absolute atomic E-state index is 0.0197. The third-order valence-corrected chi connectivity index (χ3v) is 4.51. The summed E-state index contributed by atoms with van der Waals surface area (Å²) < 4.78 is 0. The molecular formula is C19H28N2O2. The summed E-state index contributed by atoms with van der Waals surface area (Å²) in [7, 11) is 0. The van der Waals surface area contributed by atoms with E-state index < -0.39 is 0 Å². The van der Waals surface area contributed by atoms with Gasteiger partial charge in [0.15, 0.2) is 0 Å². The third kappa shape index (κ3) is 4.81. The molecule has 1 aliphatic rings. The average Bonchev–Trinajstić information content (AvgIpc) is 2.55. The van der Waals surface area contributed by atoms with E-state index in [9.17, 15) is 9.59 Å². The minimum atomic E-state index is -0.0197. The zero-order valence-electron chi connectivity index (χ0n) is 14.5. The van der Waals surface area contributed by atoms with Crippen LogP contribution in [0.15, 0.2) is 24.3 Å². The number of likely N-dealkylation sites (tertiary alicyclic amines) is 1. The number of carbonyl (C=O) groups excluding carboxylic acids is 2. The Morgan fingerprint density at radius 1 is 1.09 bits per heavy atom. The first-order chi connectivity index (χ1) is 11.0. The lowest BCUT2D eigenvalue weighted by Crippen LogP contribution is -2.38. The summed E-state index contributed by atoms with van der Waals surface area (Å²) >= 11 is 0. The Balaban J connectivity index is 1.98.